The fraction of sp³-hybridized carbons (Fsp3) is 0.167. The van der Waals surface area contributed by atoms with Crippen LogP contribution in [0.5, 0.6) is 0 Å². The zero-order valence-electron chi connectivity index (χ0n) is 13.8. The average molecular weight is 340 g/mol. The van der Waals surface area contributed by atoms with Gasteiger partial charge in [-0.3, -0.25) is 5.32 Å². The maximum Gasteiger partial charge on any atom is 0.409 e. The van der Waals surface area contributed by atoms with Gasteiger partial charge in [0.2, 0.25) is 0 Å². The van der Waals surface area contributed by atoms with Gasteiger partial charge in [-0.05, 0) is 18.1 Å². The molecule has 0 spiro atoms. The summed E-state index contributed by atoms with van der Waals surface area (Å²) in [4.78, 5) is 23.7. The molecule has 7 nitrogen and oxygen atoms in total. The van der Waals surface area contributed by atoms with Crippen LogP contribution in [0.1, 0.15) is 24.2 Å². The number of hydrazone groups is 1. The number of amides is 3. The third kappa shape index (κ3) is 6.34. The van der Waals surface area contributed by atoms with Crippen molar-refractivity contribution in [1.82, 2.24) is 16.1 Å². The number of ether oxygens (including phenoxy) is 1. The van der Waals surface area contributed by atoms with Gasteiger partial charge in [0.1, 0.15) is 6.17 Å². The number of nitrogens with one attached hydrogen (secondary N) is 3. The molecule has 0 aliphatic heterocycles. The Morgan fingerprint density at radius 2 is 1.68 bits per heavy atom. The minimum atomic E-state index is -0.743. The summed E-state index contributed by atoms with van der Waals surface area (Å²) in [7, 11) is 0. The van der Waals surface area contributed by atoms with Crippen LogP contribution in [0.15, 0.2) is 65.8 Å². The van der Waals surface area contributed by atoms with E-state index in [9.17, 15) is 9.59 Å². The Bertz CT molecular complexity index is 705. The van der Waals surface area contributed by atoms with Gasteiger partial charge in [-0.15, -0.1) is 0 Å². The minimum Gasteiger partial charge on any atom is -0.450 e. The fourth-order valence-corrected chi connectivity index (χ4v) is 2.01. The van der Waals surface area contributed by atoms with Crippen LogP contribution in [-0.2, 0) is 4.74 Å². The molecular formula is C18H20N4O3. The molecule has 2 aromatic carbocycles. The molecule has 0 saturated carbocycles. The second kappa shape index (κ2) is 9.71. The van der Waals surface area contributed by atoms with Gasteiger partial charge >= 0.3 is 12.1 Å². The lowest BCUT2D eigenvalue weighted by Crippen LogP contribution is -2.44. The molecule has 0 bridgehead atoms. The number of carbonyl (C=O) groups excluding carboxylic acids is 2. The van der Waals surface area contributed by atoms with E-state index < -0.39 is 18.3 Å². The topological polar surface area (TPSA) is 91.8 Å². The fourth-order valence-electron chi connectivity index (χ4n) is 2.01. The average Bonchev–Trinajstić information content (AvgIpc) is 2.63. The van der Waals surface area contributed by atoms with E-state index in [4.69, 9.17) is 4.74 Å². The number of benzene rings is 2. The molecule has 0 radical (unpaired) electrons. The number of hydrogen-bond acceptors (Lipinski definition) is 4. The first-order chi connectivity index (χ1) is 12.2. The van der Waals surface area contributed by atoms with Crippen LogP contribution in [0.2, 0.25) is 0 Å². The SMILES string of the molecule is CCOC(=O)N[C@H](NC(=O)N/N=C/c1ccccc1)c1ccccc1. The Morgan fingerprint density at radius 3 is 2.32 bits per heavy atom. The van der Waals surface area contributed by atoms with Crippen molar-refractivity contribution >= 4 is 18.3 Å². The molecule has 1 atom stereocenters. The lowest BCUT2D eigenvalue weighted by molar-refractivity contribution is 0.146. The van der Waals surface area contributed by atoms with E-state index in [1.54, 1.807) is 19.1 Å². The first-order valence-corrected chi connectivity index (χ1v) is 7.82. The standard InChI is InChI=1S/C18H20N4O3/c1-2-25-18(24)21-16(15-11-7-4-8-12-15)20-17(23)22-19-13-14-9-5-3-6-10-14/h3-13,16H,2H2,1H3,(H,21,24)(H2,20,22,23)/b19-13+/t16-/m0/s1. The zero-order valence-corrected chi connectivity index (χ0v) is 13.8. The van der Waals surface area contributed by atoms with Crippen molar-refractivity contribution in [2.45, 2.75) is 13.1 Å². The van der Waals surface area contributed by atoms with Crippen molar-refractivity contribution in [3.05, 3.63) is 71.8 Å². The van der Waals surface area contributed by atoms with Crippen LogP contribution in [0, 0.1) is 0 Å². The smallest absolute Gasteiger partial charge is 0.409 e. The Balaban J connectivity index is 1.96. The molecule has 130 valence electrons. The Kier molecular flexibility index (Phi) is 6.99. The van der Waals surface area contributed by atoms with Crippen molar-refractivity contribution in [2.75, 3.05) is 6.61 Å². The van der Waals surface area contributed by atoms with Crippen molar-refractivity contribution < 1.29 is 14.3 Å². The molecule has 0 unspecified atom stereocenters. The molecule has 7 heteroatoms. The summed E-state index contributed by atoms with van der Waals surface area (Å²) >= 11 is 0. The van der Waals surface area contributed by atoms with Gasteiger partial charge in [0.25, 0.3) is 0 Å². The van der Waals surface area contributed by atoms with E-state index in [2.05, 4.69) is 21.2 Å². The van der Waals surface area contributed by atoms with Gasteiger partial charge < -0.3 is 10.1 Å². The summed E-state index contributed by atoms with van der Waals surface area (Å²) in [6, 6.07) is 17.8. The van der Waals surface area contributed by atoms with Crippen molar-refractivity contribution in [2.24, 2.45) is 5.10 Å². The summed E-state index contributed by atoms with van der Waals surface area (Å²) < 4.78 is 4.86. The lowest BCUT2D eigenvalue weighted by atomic mass is 10.2. The molecule has 25 heavy (non-hydrogen) atoms. The molecule has 0 aliphatic rings. The highest BCUT2D eigenvalue weighted by molar-refractivity contribution is 5.82. The van der Waals surface area contributed by atoms with E-state index in [0.29, 0.717) is 5.56 Å². The molecule has 0 fully saturated rings. The molecule has 0 aromatic heterocycles. The van der Waals surface area contributed by atoms with Crippen LogP contribution < -0.4 is 16.1 Å². The first-order valence-electron chi connectivity index (χ1n) is 7.82. The number of rotatable bonds is 6. The number of alkyl carbamates (subject to hydrolysis) is 1. The molecule has 2 aromatic rings. The summed E-state index contributed by atoms with van der Waals surface area (Å²) in [5, 5.41) is 9.09. The lowest BCUT2D eigenvalue weighted by Gasteiger charge is -2.19. The van der Waals surface area contributed by atoms with Crippen LogP contribution in [0.4, 0.5) is 9.59 Å². The summed E-state index contributed by atoms with van der Waals surface area (Å²) in [5.41, 5.74) is 3.92. The molecular weight excluding hydrogens is 320 g/mol. The second-order valence-corrected chi connectivity index (χ2v) is 4.96. The molecule has 3 N–H and O–H groups in total. The third-order valence-electron chi connectivity index (χ3n) is 3.13. The number of urea groups is 1. The number of hydrogen-bond donors (Lipinski definition) is 3. The van der Waals surface area contributed by atoms with E-state index in [1.165, 1.54) is 6.21 Å². The predicted octanol–water partition coefficient (Wildman–Crippen LogP) is 2.76. The molecule has 2 rings (SSSR count). The molecule has 0 saturated heterocycles. The normalized spacial score (nSPS) is 11.6. The van der Waals surface area contributed by atoms with Crippen molar-refractivity contribution in [3.8, 4) is 0 Å². The van der Waals surface area contributed by atoms with Gasteiger partial charge in [0.05, 0.1) is 12.8 Å². The summed E-state index contributed by atoms with van der Waals surface area (Å²) in [6.07, 6.45) is 0.159. The van der Waals surface area contributed by atoms with Gasteiger partial charge in [-0.25, -0.2) is 15.0 Å². The summed E-state index contributed by atoms with van der Waals surface area (Å²) in [5.74, 6) is 0. The molecule has 3 amide bonds. The van der Waals surface area contributed by atoms with Crippen LogP contribution in [-0.4, -0.2) is 24.9 Å². The Morgan fingerprint density at radius 1 is 1.04 bits per heavy atom. The van der Waals surface area contributed by atoms with E-state index >= 15 is 0 Å². The van der Waals surface area contributed by atoms with Crippen LogP contribution >= 0.6 is 0 Å². The summed E-state index contributed by atoms with van der Waals surface area (Å²) in [6.45, 7) is 1.94. The predicted molar refractivity (Wildman–Crippen MR) is 95.0 cm³/mol. The molecule has 0 aliphatic carbocycles. The highest BCUT2D eigenvalue weighted by Crippen LogP contribution is 2.09. The Hall–Kier alpha value is -3.35. The van der Waals surface area contributed by atoms with Gasteiger partial charge in [-0.2, -0.15) is 5.10 Å². The van der Waals surface area contributed by atoms with Gasteiger partial charge in [-0.1, -0.05) is 60.7 Å². The molecule has 0 heterocycles. The largest absolute Gasteiger partial charge is 0.450 e. The van der Waals surface area contributed by atoms with Crippen LogP contribution in [0.25, 0.3) is 0 Å². The van der Waals surface area contributed by atoms with Crippen molar-refractivity contribution in [1.29, 1.82) is 0 Å². The number of nitrogens with zero attached hydrogens (tertiary/aromatic N) is 1. The quantitative estimate of drug-likeness (QED) is 0.429. The highest BCUT2D eigenvalue weighted by atomic mass is 16.5. The van der Waals surface area contributed by atoms with Crippen LogP contribution in [0.3, 0.4) is 0 Å². The Labute approximate surface area is 146 Å². The van der Waals surface area contributed by atoms with Gasteiger partial charge in [0, 0.05) is 0 Å². The van der Waals surface area contributed by atoms with Crippen molar-refractivity contribution in [3.63, 3.8) is 0 Å². The second-order valence-electron chi connectivity index (χ2n) is 4.96. The van der Waals surface area contributed by atoms with E-state index in [0.717, 1.165) is 5.56 Å². The monoisotopic (exact) mass is 340 g/mol. The van der Waals surface area contributed by atoms with E-state index in [-0.39, 0.29) is 6.61 Å². The number of carbonyl (C=O) groups is 2. The first kappa shape index (κ1) is 18.0. The minimum absolute atomic E-state index is 0.237. The highest BCUT2D eigenvalue weighted by Gasteiger charge is 2.17. The zero-order chi connectivity index (χ0) is 17.9. The maximum atomic E-state index is 12.0. The third-order valence-corrected chi connectivity index (χ3v) is 3.13. The van der Waals surface area contributed by atoms with E-state index in [1.807, 2.05) is 48.5 Å². The maximum absolute atomic E-state index is 12.0. The van der Waals surface area contributed by atoms with Gasteiger partial charge in [0.15, 0.2) is 0 Å².